The average molecular weight is 477 g/mol. The maximum absolute atomic E-state index is 12.7. The number of aryl methyl sites for hydroxylation is 1. The number of methoxy groups -OCH3 is 1. The van der Waals surface area contributed by atoms with Crippen LogP contribution in [0.2, 0.25) is 5.02 Å². The van der Waals surface area contributed by atoms with Crippen molar-refractivity contribution in [3.05, 3.63) is 62.0 Å². The minimum Gasteiger partial charge on any atom is -0.493 e. The highest BCUT2D eigenvalue weighted by molar-refractivity contribution is 7.14. The van der Waals surface area contributed by atoms with Crippen LogP contribution < -0.4 is 20.5 Å². The molecule has 2 amide bonds. The van der Waals surface area contributed by atoms with E-state index in [2.05, 4.69) is 10.3 Å². The number of aromatic nitrogens is 1. The minimum atomic E-state index is -0.691. The SMILES string of the molecule is COc1cc(C(=O)Nc2nc(-c3ccc(C)c([N+](=O)[O-])c3)cs2)cc(Cl)c1OCC(N)=O. The lowest BCUT2D eigenvalue weighted by atomic mass is 10.1. The summed E-state index contributed by atoms with van der Waals surface area (Å²) in [4.78, 5) is 38.7. The van der Waals surface area contributed by atoms with Crippen LogP contribution in [-0.2, 0) is 4.79 Å². The summed E-state index contributed by atoms with van der Waals surface area (Å²) in [5, 5.41) is 15.8. The van der Waals surface area contributed by atoms with Crippen LogP contribution in [0, 0.1) is 17.0 Å². The molecule has 0 aliphatic rings. The molecule has 12 heteroatoms. The van der Waals surface area contributed by atoms with E-state index in [-0.39, 0.29) is 32.9 Å². The van der Waals surface area contributed by atoms with Gasteiger partial charge in [0.25, 0.3) is 17.5 Å². The van der Waals surface area contributed by atoms with Crippen LogP contribution in [0.5, 0.6) is 11.5 Å². The van der Waals surface area contributed by atoms with Gasteiger partial charge in [-0.05, 0) is 19.1 Å². The zero-order valence-electron chi connectivity index (χ0n) is 16.9. The lowest BCUT2D eigenvalue weighted by molar-refractivity contribution is -0.385. The summed E-state index contributed by atoms with van der Waals surface area (Å²) >= 11 is 7.34. The molecule has 0 bridgehead atoms. The van der Waals surface area contributed by atoms with Crippen LogP contribution in [0.25, 0.3) is 11.3 Å². The normalized spacial score (nSPS) is 10.5. The number of thiazole rings is 1. The number of hydrogen-bond acceptors (Lipinski definition) is 8. The maximum Gasteiger partial charge on any atom is 0.272 e. The van der Waals surface area contributed by atoms with Crippen LogP contribution in [-0.4, -0.2) is 35.4 Å². The largest absolute Gasteiger partial charge is 0.493 e. The number of nitrogens with two attached hydrogens (primary N) is 1. The molecule has 0 aliphatic carbocycles. The molecule has 0 saturated carbocycles. The smallest absolute Gasteiger partial charge is 0.272 e. The van der Waals surface area contributed by atoms with E-state index in [1.165, 1.54) is 25.3 Å². The van der Waals surface area contributed by atoms with Gasteiger partial charge in [-0.25, -0.2) is 4.98 Å². The molecule has 1 aromatic heterocycles. The number of nitrogens with one attached hydrogen (secondary N) is 1. The molecule has 0 unspecified atom stereocenters. The monoisotopic (exact) mass is 476 g/mol. The number of primary amides is 1. The topological polar surface area (TPSA) is 147 Å². The van der Waals surface area contributed by atoms with E-state index in [9.17, 15) is 19.7 Å². The van der Waals surface area contributed by atoms with Gasteiger partial charge < -0.3 is 15.2 Å². The Hall–Kier alpha value is -3.70. The van der Waals surface area contributed by atoms with Crippen molar-refractivity contribution in [2.24, 2.45) is 5.73 Å². The van der Waals surface area contributed by atoms with Crippen LogP contribution in [0.1, 0.15) is 15.9 Å². The summed E-state index contributed by atoms with van der Waals surface area (Å²) in [5.41, 5.74) is 6.80. The van der Waals surface area contributed by atoms with Gasteiger partial charge in [0.15, 0.2) is 23.2 Å². The third-order valence-corrected chi connectivity index (χ3v) is 5.32. The number of benzene rings is 2. The molecule has 3 N–H and O–H groups in total. The first-order chi connectivity index (χ1) is 15.2. The van der Waals surface area contributed by atoms with E-state index in [0.29, 0.717) is 16.8 Å². The van der Waals surface area contributed by atoms with Crippen molar-refractivity contribution in [1.82, 2.24) is 4.98 Å². The van der Waals surface area contributed by atoms with E-state index in [0.717, 1.165) is 11.3 Å². The van der Waals surface area contributed by atoms with Gasteiger partial charge in [0.1, 0.15) is 0 Å². The van der Waals surface area contributed by atoms with Gasteiger partial charge in [0, 0.05) is 28.1 Å². The summed E-state index contributed by atoms with van der Waals surface area (Å²) in [7, 11) is 1.36. The highest BCUT2D eigenvalue weighted by Gasteiger charge is 2.18. The lowest BCUT2D eigenvalue weighted by Crippen LogP contribution is -2.20. The van der Waals surface area contributed by atoms with Crippen molar-refractivity contribution < 1.29 is 24.0 Å². The van der Waals surface area contributed by atoms with Crippen molar-refractivity contribution in [3.63, 3.8) is 0 Å². The number of hydrogen-bond donors (Lipinski definition) is 2. The third kappa shape index (κ3) is 5.13. The lowest BCUT2D eigenvalue weighted by Gasteiger charge is -2.13. The van der Waals surface area contributed by atoms with E-state index in [1.54, 1.807) is 24.4 Å². The summed E-state index contributed by atoms with van der Waals surface area (Å²) < 4.78 is 10.4. The Morgan fingerprint density at radius 2 is 2.06 bits per heavy atom. The fourth-order valence-electron chi connectivity index (χ4n) is 2.73. The van der Waals surface area contributed by atoms with Crippen molar-refractivity contribution in [3.8, 4) is 22.8 Å². The molecule has 2 aromatic carbocycles. The number of nitro groups is 1. The number of ether oxygens (including phenoxy) is 2. The van der Waals surface area contributed by atoms with Gasteiger partial charge in [-0.3, -0.25) is 25.0 Å². The first kappa shape index (κ1) is 23.0. The number of amides is 2. The Morgan fingerprint density at radius 3 is 2.72 bits per heavy atom. The Morgan fingerprint density at radius 1 is 1.31 bits per heavy atom. The third-order valence-electron chi connectivity index (χ3n) is 4.28. The highest BCUT2D eigenvalue weighted by atomic mass is 35.5. The summed E-state index contributed by atoms with van der Waals surface area (Å²) in [6.45, 7) is 1.25. The molecule has 0 aliphatic heterocycles. The average Bonchev–Trinajstić information content (AvgIpc) is 3.20. The molecule has 0 spiro atoms. The van der Waals surface area contributed by atoms with Gasteiger partial charge in [0.05, 0.1) is 22.7 Å². The molecule has 10 nitrogen and oxygen atoms in total. The molecule has 166 valence electrons. The molecule has 0 saturated heterocycles. The van der Waals surface area contributed by atoms with E-state index >= 15 is 0 Å². The van der Waals surface area contributed by atoms with Crippen LogP contribution in [0.4, 0.5) is 10.8 Å². The Kier molecular flexibility index (Phi) is 6.91. The predicted molar refractivity (Wildman–Crippen MR) is 120 cm³/mol. The van der Waals surface area contributed by atoms with Crippen molar-refractivity contribution >= 4 is 45.6 Å². The number of nitro benzene ring substituents is 1. The zero-order chi connectivity index (χ0) is 23.4. The molecule has 32 heavy (non-hydrogen) atoms. The predicted octanol–water partition coefficient (Wildman–Crippen LogP) is 3.81. The Balaban J connectivity index is 1.81. The summed E-state index contributed by atoms with van der Waals surface area (Å²) in [5.74, 6) is -0.969. The van der Waals surface area contributed by atoms with Gasteiger partial charge >= 0.3 is 0 Å². The fourth-order valence-corrected chi connectivity index (χ4v) is 3.71. The van der Waals surface area contributed by atoms with Crippen LogP contribution in [0.15, 0.2) is 35.7 Å². The molecule has 3 aromatic rings. The number of carbonyl (C=O) groups is 2. The Bertz CT molecular complexity index is 1210. The van der Waals surface area contributed by atoms with Gasteiger partial charge in [-0.1, -0.05) is 23.7 Å². The second kappa shape index (κ2) is 9.62. The second-order valence-electron chi connectivity index (χ2n) is 6.49. The molecule has 3 rings (SSSR count). The molecule has 0 radical (unpaired) electrons. The number of anilines is 1. The van der Waals surface area contributed by atoms with Crippen LogP contribution in [0.3, 0.4) is 0 Å². The van der Waals surface area contributed by atoms with Crippen molar-refractivity contribution in [2.75, 3.05) is 19.0 Å². The Labute approximate surface area is 191 Å². The quantitative estimate of drug-likeness (QED) is 0.371. The fraction of sp³-hybridized carbons (Fsp3) is 0.150. The second-order valence-corrected chi connectivity index (χ2v) is 7.76. The number of halogens is 1. The van der Waals surface area contributed by atoms with Gasteiger partial charge in [0.2, 0.25) is 0 Å². The zero-order valence-corrected chi connectivity index (χ0v) is 18.5. The molecular weight excluding hydrogens is 460 g/mol. The molecular formula is C20H17ClN4O6S. The van der Waals surface area contributed by atoms with Crippen molar-refractivity contribution in [1.29, 1.82) is 0 Å². The maximum atomic E-state index is 12.7. The standard InChI is InChI=1S/C20H17ClN4O6S/c1-10-3-4-11(6-15(10)25(28)29)14-9-32-20(23-14)24-19(27)12-5-13(21)18(16(7-12)30-2)31-8-17(22)26/h3-7,9H,8H2,1-2H3,(H2,22,26)(H,23,24,27). The van der Waals surface area contributed by atoms with E-state index in [4.69, 9.17) is 26.8 Å². The van der Waals surface area contributed by atoms with Crippen LogP contribution >= 0.6 is 22.9 Å². The van der Waals surface area contributed by atoms with E-state index in [1.807, 2.05) is 0 Å². The van der Waals surface area contributed by atoms with Gasteiger partial charge in [-0.2, -0.15) is 0 Å². The number of carbonyl (C=O) groups excluding carboxylic acids is 2. The summed E-state index contributed by atoms with van der Waals surface area (Å²) in [6.07, 6.45) is 0. The van der Waals surface area contributed by atoms with E-state index < -0.39 is 23.3 Å². The molecule has 1 heterocycles. The summed E-state index contributed by atoms with van der Waals surface area (Å²) in [6, 6.07) is 7.55. The first-order valence-corrected chi connectivity index (χ1v) is 10.3. The highest BCUT2D eigenvalue weighted by Crippen LogP contribution is 2.37. The molecule has 0 atom stereocenters. The van der Waals surface area contributed by atoms with Crippen molar-refractivity contribution in [2.45, 2.75) is 6.92 Å². The minimum absolute atomic E-state index is 0.0125. The molecule has 0 fully saturated rings. The number of rotatable bonds is 8. The first-order valence-electron chi connectivity index (χ1n) is 9.00. The number of nitrogens with zero attached hydrogens (tertiary/aromatic N) is 2. The van der Waals surface area contributed by atoms with Gasteiger partial charge in [-0.15, -0.1) is 11.3 Å².